The summed E-state index contributed by atoms with van der Waals surface area (Å²) in [6.07, 6.45) is 0. The van der Waals surface area contributed by atoms with Crippen molar-refractivity contribution in [1.82, 2.24) is 0 Å². The average Bonchev–Trinajstić information content (AvgIpc) is 1.76. The van der Waals surface area contributed by atoms with Crippen LogP contribution in [0.25, 0.3) is 0 Å². The summed E-state index contributed by atoms with van der Waals surface area (Å²) < 4.78 is 0. The molecule has 0 aromatic rings. The van der Waals surface area contributed by atoms with Crippen LogP contribution in [-0.4, -0.2) is 69.2 Å². The van der Waals surface area contributed by atoms with E-state index < -0.39 is 34.4 Å². The Morgan fingerprint density at radius 3 is 0.273 bits per heavy atom. The molecule has 0 amide bonds. The first-order valence-electron chi connectivity index (χ1n) is 2.19. The van der Waals surface area contributed by atoms with Crippen LogP contribution in [0.5, 0.6) is 0 Å². The Balaban J connectivity index is -0.00000001000. The molecule has 0 aromatic heterocycles. The molecule has 0 saturated heterocycles. The van der Waals surface area contributed by atoms with Crippen LogP contribution in [0.2, 0.25) is 0 Å². The molecule has 0 bridgehead atoms. The fourth-order valence-electron chi connectivity index (χ4n) is 0. The Labute approximate surface area is 217 Å². The Kier molecular flexibility index (Phi) is 161. The molecule has 12 nitrogen and oxygen atoms in total. The zero-order valence-corrected chi connectivity index (χ0v) is 27.7. The van der Waals surface area contributed by atoms with Gasteiger partial charge < -0.3 is 93.1 Å². The molecule has 0 aliphatic carbocycles. The fraction of sp³-hybridized carbons (Fsp3) is 0. The van der Waals surface area contributed by atoms with Gasteiger partial charge in [0.15, 0.2) is 0 Å². The molecule has 0 atom stereocenters. The SMILES string of the molecule is [Mg+2].[Mg+2].[Mg+2].[O-]P([O-])[O-].[O-]P([O-])[O-].[O-]P([O-])[O-].[O-]P([O-])[O-].[Zn+2].[Zn+2].[Zn+2]. The van der Waals surface area contributed by atoms with Crippen molar-refractivity contribution in [2.45, 2.75) is 0 Å². The van der Waals surface area contributed by atoms with Crippen LogP contribution in [0.4, 0.5) is 0 Å². The van der Waals surface area contributed by atoms with E-state index in [1.165, 1.54) is 0 Å². The predicted octanol–water partition coefficient (Wildman–Crippen LogP) is -12.0. The van der Waals surface area contributed by atoms with E-state index in [-0.39, 0.29) is 128 Å². The summed E-state index contributed by atoms with van der Waals surface area (Å²) in [7, 11) is -13.5. The molecule has 0 unspecified atom stereocenters. The molecule has 0 aromatic carbocycles. The van der Waals surface area contributed by atoms with Gasteiger partial charge in [0.1, 0.15) is 0 Å². The maximum atomic E-state index is 8.48. The van der Waals surface area contributed by atoms with Crippen molar-refractivity contribution in [1.29, 1.82) is 0 Å². The Bertz CT molecular complexity index is 80.6. The van der Waals surface area contributed by atoms with Crippen molar-refractivity contribution in [2.75, 3.05) is 0 Å². The summed E-state index contributed by atoms with van der Waals surface area (Å²) in [5.74, 6) is 0. The molecule has 22 heavy (non-hydrogen) atoms. The average molecular weight is 585 g/mol. The molecule has 0 saturated carbocycles. The standard InChI is InChI=1S/3Mg.4O3P.3Zn/c;;;4*1-4(2)3;;;/q3*+2;4*-3;3*+2. The van der Waals surface area contributed by atoms with E-state index in [2.05, 4.69) is 0 Å². The molecule has 0 aliphatic heterocycles. The molecule has 0 aliphatic rings. The Hall–Kier alpha value is 5.41. The van der Waals surface area contributed by atoms with Crippen molar-refractivity contribution in [3.8, 4) is 0 Å². The summed E-state index contributed by atoms with van der Waals surface area (Å²) in [5, 5.41) is 0. The predicted molar refractivity (Wildman–Crippen MR) is 44.9 cm³/mol. The first kappa shape index (κ1) is 63.1. The Morgan fingerprint density at radius 2 is 0.273 bits per heavy atom. The molecule has 22 heteroatoms. The van der Waals surface area contributed by atoms with E-state index in [4.69, 9.17) is 58.7 Å². The third-order valence-electron chi connectivity index (χ3n) is 0. The minimum absolute atomic E-state index is 0. The van der Waals surface area contributed by atoms with Gasteiger partial charge in [0.05, 0.1) is 0 Å². The van der Waals surface area contributed by atoms with Gasteiger partial charge in [-0.05, 0) is 0 Å². The van der Waals surface area contributed by atoms with Crippen molar-refractivity contribution in [2.24, 2.45) is 0 Å². The van der Waals surface area contributed by atoms with Crippen LogP contribution in [0, 0.1) is 0 Å². The van der Waals surface area contributed by atoms with Gasteiger partial charge in [0.25, 0.3) is 0 Å². The van der Waals surface area contributed by atoms with Crippen molar-refractivity contribution in [3.05, 3.63) is 0 Å². The first-order valence-corrected chi connectivity index (χ1v) is 6.57. The number of hydrogen-bond donors (Lipinski definition) is 0. The maximum absolute atomic E-state index is 8.48. The summed E-state index contributed by atoms with van der Waals surface area (Å²) in [5.41, 5.74) is 0. The molecule has 0 heterocycles. The molecule has 0 radical (unpaired) electrons. The van der Waals surface area contributed by atoms with Gasteiger partial charge >= 0.3 is 128 Å². The largest absolute Gasteiger partial charge is 2.00 e. The zero-order chi connectivity index (χ0) is 14.3. The third-order valence-corrected chi connectivity index (χ3v) is 0. The van der Waals surface area contributed by atoms with Gasteiger partial charge in [0, 0.05) is 0 Å². The van der Waals surface area contributed by atoms with E-state index in [0.29, 0.717) is 0 Å². The van der Waals surface area contributed by atoms with Gasteiger partial charge in [-0.1, -0.05) is 0 Å². The summed E-state index contributed by atoms with van der Waals surface area (Å²) in [6.45, 7) is 0. The second-order valence-corrected chi connectivity index (χ2v) is 2.68. The van der Waals surface area contributed by atoms with Gasteiger partial charge in [-0.15, -0.1) is 0 Å². The second-order valence-electron chi connectivity index (χ2n) is 0.894. The van der Waals surface area contributed by atoms with Gasteiger partial charge in [-0.2, -0.15) is 0 Å². The summed E-state index contributed by atoms with van der Waals surface area (Å²) in [4.78, 5) is 102. The van der Waals surface area contributed by atoms with E-state index in [0.717, 1.165) is 0 Å². The van der Waals surface area contributed by atoms with Crippen molar-refractivity contribution < 1.29 is 117 Å². The monoisotopic (exact) mass is 580 g/mol. The molecule has 0 fully saturated rings. The maximum Gasteiger partial charge on any atom is 2.00 e. The van der Waals surface area contributed by atoms with Crippen LogP contribution in [0.3, 0.4) is 0 Å². The van der Waals surface area contributed by atoms with E-state index in [1.807, 2.05) is 0 Å². The van der Waals surface area contributed by atoms with E-state index >= 15 is 0 Å². The fourth-order valence-corrected chi connectivity index (χ4v) is 0. The smallest absolute Gasteiger partial charge is 0.854 e. The molecule has 104 valence electrons. The van der Waals surface area contributed by atoms with Crippen LogP contribution < -0.4 is 58.7 Å². The van der Waals surface area contributed by atoms with Gasteiger partial charge in [-0.25, -0.2) is 0 Å². The molecule has 0 rings (SSSR count). The van der Waals surface area contributed by atoms with E-state index in [1.54, 1.807) is 0 Å². The number of rotatable bonds is 0. The Morgan fingerprint density at radius 1 is 0.273 bits per heavy atom. The minimum atomic E-state index is -3.37. The number of hydrogen-bond acceptors (Lipinski definition) is 12. The van der Waals surface area contributed by atoms with Crippen molar-refractivity contribution in [3.63, 3.8) is 0 Å². The van der Waals surface area contributed by atoms with Gasteiger partial charge in [0.2, 0.25) is 0 Å². The third kappa shape index (κ3) is 517. The first-order chi connectivity index (χ1) is 6.93. The molecular formula is Mg3O12P4Zn3. The summed E-state index contributed by atoms with van der Waals surface area (Å²) >= 11 is 0. The van der Waals surface area contributed by atoms with Crippen LogP contribution in [-0.2, 0) is 58.4 Å². The quantitative estimate of drug-likeness (QED) is 0.189. The van der Waals surface area contributed by atoms with Crippen LogP contribution in [0.15, 0.2) is 0 Å². The summed E-state index contributed by atoms with van der Waals surface area (Å²) in [6, 6.07) is 0. The second kappa shape index (κ2) is 56.3. The van der Waals surface area contributed by atoms with Crippen LogP contribution >= 0.6 is 34.4 Å². The van der Waals surface area contributed by atoms with Crippen LogP contribution in [0.1, 0.15) is 0 Å². The molecule has 0 spiro atoms. The molecule has 0 N–H and O–H groups in total. The molecular weight excluding hydrogens is 585 g/mol. The van der Waals surface area contributed by atoms with Crippen molar-refractivity contribution >= 4 is 104 Å². The van der Waals surface area contributed by atoms with E-state index in [9.17, 15) is 0 Å². The minimum Gasteiger partial charge on any atom is -0.854 e. The van der Waals surface area contributed by atoms with Gasteiger partial charge in [-0.3, -0.25) is 0 Å². The normalized spacial score (nSPS) is 6.55. The zero-order valence-electron chi connectivity index (χ0n) is 10.9. The topological polar surface area (TPSA) is 277 Å².